The summed E-state index contributed by atoms with van der Waals surface area (Å²) in [6, 6.07) is 19.5. The van der Waals surface area contributed by atoms with Gasteiger partial charge >= 0.3 is 0 Å². The number of amides is 1. The Bertz CT molecular complexity index is 851. The minimum Gasteiger partial charge on any atom is -0.325 e. The standard InChI is InChI=1S/C21H19ClN2OS/c1-15(26-20-8-4-18(22)5-9-20)21(25)24-19-6-2-16(3-7-19)14-17-10-12-23-13-11-17/h2-13,15H,14H2,1H3,(H,24,25). The zero-order valence-corrected chi connectivity index (χ0v) is 15.9. The number of nitrogens with one attached hydrogen (secondary N) is 1. The van der Waals surface area contributed by atoms with Crippen LogP contribution in [0.4, 0.5) is 5.69 Å². The van der Waals surface area contributed by atoms with Crippen molar-refractivity contribution in [2.75, 3.05) is 5.32 Å². The van der Waals surface area contributed by atoms with Crippen LogP contribution in [0.1, 0.15) is 18.1 Å². The van der Waals surface area contributed by atoms with Gasteiger partial charge in [0.1, 0.15) is 0 Å². The van der Waals surface area contributed by atoms with E-state index < -0.39 is 0 Å². The molecule has 3 aromatic rings. The van der Waals surface area contributed by atoms with Crippen molar-refractivity contribution in [3.63, 3.8) is 0 Å². The molecular formula is C21H19ClN2OS. The van der Waals surface area contributed by atoms with Gasteiger partial charge in [-0.25, -0.2) is 0 Å². The average molecular weight is 383 g/mol. The van der Waals surface area contributed by atoms with Crippen molar-refractivity contribution in [2.24, 2.45) is 0 Å². The van der Waals surface area contributed by atoms with E-state index in [0.717, 1.165) is 17.0 Å². The maximum Gasteiger partial charge on any atom is 0.237 e. The number of carbonyl (C=O) groups is 1. The van der Waals surface area contributed by atoms with Crippen LogP contribution in [0.5, 0.6) is 0 Å². The van der Waals surface area contributed by atoms with Gasteiger partial charge in [-0.05, 0) is 73.0 Å². The highest BCUT2D eigenvalue weighted by Crippen LogP contribution is 2.25. The van der Waals surface area contributed by atoms with E-state index >= 15 is 0 Å². The van der Waals surface area contributed by atoms with Gasteiger partial charge in [-0.3, -0.25) is 9.78 Å². The molecule has 5 heteroatoms. The Morgan fingerprint density at radius 2 is 1.62 bits per heavy atom. The van der Waals surface area contributed by atoms with Crippen LogP contribution in [-0.2, 0) is 11.2 Å². The van der Waals surface area contributed by atoms with Crippen molar-refractivity contribution in [3.8, 4) is 0 Å². The van der Waals surface area contributed by atoms with Crippen molar-refractivity contribution in [3.05, 3.63) is 89.2 Å². The Balaban J connectivity index is 1.56. The van der Waals surface area contributed by atoms with E-state index in [1.165, 1.54) is 22.9 Å². The minimum atomic E-state index is -0.201. The van der Waals surface area contributed by atoms with Crippen molar-refractivity contribution in [1.29, 1.82) is 0 Å². The third-order valence-electron chi connectivity index (χ3n) is 3.87. The van der Waals surface area contributed by atoms with Gasteiger partial charge in [-0.15, -0.1) is 11.8 Å². The molecule has 0 radical (unpaired) electrons. The quantitative estimate of drug-likeness (QED) is 0.577. The lowest BCUT2D eigenvalue weighted by Gasteiger charge is -2.12. The molecule has 0 aliphatic carbocycles. The van der Waals surface area contributed by atoms with Crippen molar-refractivity contribution in [2.45, 2.75) is 23.5 Å². The highest BCUT2D eigenvalue weighted by atomic mass is 35.5. The number of aromatic nitrogens is 1. The zero-order chi connectivity index (χ0) is 18.4. The van der Waals surface area contributed by atoms with Gasteiger partial charge in [0.05, 0.1) is 5.25 Å². The summed E-state index contributed by atoms with van der Waals surface area (Å²) in [5, 5.41) is 3.46. The predicted octanol–water partition coefficient (Wildman–Crippen LogP) is 5.45. The summed E-state index contributed by atoms with van der Waals surface area (Å²) >= 11 is 7.40. The molecule has 1 atom stereocenters. The maximum absolute atomic E-state index is 12.4. The van der Waals surface area contributed by atoms with Gasteiger partial charge in [0.2, 0.25) is 5.91 Å². The van der Waals surface area contributed by atoms with Crippen LogP contribution in [0, 0.1) is 0 Å². The second kappa shape index (κ2) is 8.88. The fourth-order valence-corrected chi connectivity index (χ4v) is 3.45. The van der Waals surface area contributed by atoms with Gasteiger partial charge in [-0.1, -0.05) is 23.7 Å². The Labute approximate surface area is 162 Å². The molecule has 1 amide bonds. The monoisotopic (exact) mass is 382 g/mol. The number of rotatable bonds is 6. The van der Waals surface area contributed by atoms with Crippen molar-refractivity contribution >= 4 is 35.0 Å². The van der Waals surface area contributed by atoms with Gasteiger partial charge in [0.15, 0.2) is 0 Å². The summed E-state index contributed by atoms with van der Waals surface area (Å²) < 4.78 is 0. The summed E-state index contributed by atoms with van der Waals surface area (Å²) in [6.45, 7) is 1.90. The molecule has 1 N–H and O–H groups in total. The first-order valence-corrected chi connectivity index (χ1v) is 9.57. The van der Waals surface area contributed by atoms with Gasteiger partial charge in [0, 0.05) is 28.0 Å². The molecule has 1 aromatic heterocycles. The number of anilines is 1. The largest absolute Gasteiger partial charge is 0.325 e. The molecule has 3 rings (SSSR count). The maximum atomic E-state index is 12.4. The van der Waals surface area contributed by atoms with Gasteiger partial charge < -0.3 is 5.32 Å². The second-order valence-corrected chi connectivity index (χ2v) is 7.78. The number of nitrogens with zero attached hydrogens (tertiary/aromatic N) is 1. The van der Waals surface area contributed by atoms with E-state index in [9.17, 15) is 4.79 Å². The van der Waals surface area contributed by atoms with Crippen LogP contribution in [0.15, 0.2) is 78.0 Å². The molecule has 3 nitrogen and oxygen atoms in total. The smallest absolute Gasteiger partial charge is 0.237 e. The topological polar surface area (TPSA) is 42.0 Å². The van der Waals surface area contributed by atoms with Crippen LogP contribution in [0.3, 0.4) is 0 Å². The van der Waals surface area contributed by atoms with Crippen LogP contribution in [0.2, 0.25) is 5.02 Å². The van der Waals surface area contributed by atoms with E-state index in [4.69, 9.17) is 11.6 Å². The highest BCUT2D eigenvalue weighted by molar-refractivity contribution is 8.00. The number of hydrogen-bond acceptors (Lipinski definition) is 3. The molecule has 1 unspecified atom stereocenters. The van der Waals surface area contributed by atoms with E-state index in [2.05, 4.69) is 10.3 Å². The first-order chi connectivity index (χ1) is 12.6. The Morgan fingerprint density at radius 3 is 2.27 bits per heavy atom. The minimum absolute atomic E-state index is 0.0215. The lowest BCUT2D eigenvalue weighted by molar-refractivity contribution is -0.115. The fraction of sp³-hybridized carbons (Fsp3) is 0.143. The van der Waals surface area contributed by atoms with Crippen LogP contribution < -0.4 is 5.32 Å². The summed E-state index contributed by atoms with van der Waals surface area (Å²) in [5.41, 5.74) is 3.21. The Morgan fingerprint density at radius 1 is 1.00 bits per heavy atom. The van der Waals surface area contributed by atoms with E-state index in [1.54, 1.807) is 12.4 Å². The first-order valence-electron chi connectivity index (χ1n) is 8.31. The highest BCUT2D eigenvalue weighted by Gasteiger charge is 2.14. The van der Waals surface area contributed by atoms with Crippen molar-refractivity contribution in [1.82, 2.24) is 4.98 Å². The SMILES string of the molecule is CC(Sc1ccc(Cl)cc1)C(=O)Nc1ccc(Cc2ccncc2)cc1. The van der Waals surface area contributed by atoms with Crippen LogP contribution in [-0.4, -0.2) is 16.1 Å². The summed E-state index contributed by atoms with van der Waals surface area (Å²) in [6.07, 6.45) is 4.44. The number of halogens is 1. The zero-order valence-electron chi connectivity index (χ0n) is 14.4. The molecule has 0 bridgehead atoms. The molecule has 0 aliphatic rings. The molecule has 2 aromatic carbocycles. The number of thioether (sulfide) groups is 1. The predicted molar refractivity (Wildman–Crippen MR) is 109 cm³/mol. The van der Waals surface area contributed by atoms with Crippen LogP contribution in [0.25, 0.3) is 0 Å². The molecule has 1 heterocycles. The molecule has 0 saturated carbocycles. The van der Waals surface area contributed by atoms with Gasteiger partial charge in [-0.2, -0.15) is 0 Å². The molecule has 0 spiro atoms. The van der Waals surface area contributed by atoms with E-state index in [0.29, 0.717) is 5.02 Å². The molecule has 132 valence electrons. The van der Waals surface area contributed by atoms with Crippen molar-refractivity contribution < 1.29 is 4.79 Å². The first kappa shape index (κ1) is 18.5. The number of carbonyl (C=O) groups excluding carboxylic acids is 1. The molecule has 0 fully saturated rings. The number of hydrogen-bond donors (Lipinski definition) is 1. The summed E-state index contributed by atoms with van der Waals surface area (Å²) in [4.78, 5) is 17.4. The lowest BCUT2D eigenvalue weighted by Crippen LogP contribution is -2.22. The molecule has 0 saturated heterocycles. The molecular weight excluding hydrogens is 364 g/mol. The fourth-order valence-electron chi connectivity index (χ4n) is 2.46. The second-order valence-electron chi connectivity index (χ2n) is 5.93. The summed E-state index contributed by atoms with van der Waals surface area (Å²) in [5.74, 6) is -0.0215. The van der Waals surface area contributed by atoms with Crippen LogP contribution >= 0.6 is 23.4 Å². The molecule has 26 heavy (non-hydrogen) atoms. The average Bonchev–Trinajstić information content (AvgIpc) is 2.66. The van der Waals surface area contributed by atoms with Gasteiger partial charge in [0.25, 0.3) is 0 Å². The summed E-state index contributed by atoms with van der Waals surface area (Å²) in [7, 11) is 0. The Kier molecular flexibility index (Phi) is 6.31. The number of pyridine rings is 1. The number of benzene rings is 2. The normalized spacial score (nSPS) is 11.8. The molecule has 0 aliphatic heterocycles. The Hall–Kier alpha value is -2.30. The third kappa shape index (κ3) is 5.35. The third-order valence-corrected chi connectivity index (χ3v) is 5.24. The van der Waals surface area contributed by atoms with E-state index in [1.807, 2.05) is 67.6 Å². The lowest BCUT2D eigenvalue weighted by atomic mass is 10.1. The van der Waals surface area contributed by atoms with E-state index in [-0.39, 0.29) is 11.2 Å².